The Balaban J connectivity index is 0. The molecule has 0 saturated carbocycles. The summed E-state index contributed by atoms with van der Waals surface area (Å²) in [6.45, 7) is 10.2. The fraction of sp³-hybridized carbons (Fsp3) is 0.412. The summed E-state index contributed by atoms with van der Waals surface area (Å²) in [5.74, 6) is 0.0299. The fourth-order valence-corrected chi connectivity index (χ4v) is 2.20. The van der Waals surface area contributed by atoms with Gasteiger partial charge in [-0.1, -0.05) is 49.7 Å². The number of hydrogen-bond acceptors (Lipinski definition) is 4. The maximum Gasteiger partial charge on any atom is 0.106 e. The molecule has 1 aliphatic heterocycles. The van der Waals surface area contributed by atoms with E-state index in [9.17, 15) is 0 Å². The molecule has 0 spiro atoms. The summed E-state index contributed by atoms with van der Waals surface area (Å²) in [6, 6.07) is 7.92. The Kier molecular flexibility index (Phi) is 15.8. The van der Waals surface area contributed by atoms with Crippen LogP contribution in [0.2, 0.25) is 10.0 Å². The van der Waals surface area contributed by atoms with Crippen molar-refractivity contribution in [3.8, 4) is 6.07 Å². The highest BCUT2D eigenvalue weighted by atomic mass is 35.5. The lowest BCUT2D eigenvalue weighted by Crippen LogP contribution is -2.16. The summed E-state index contributed by atoms with van der Waals surface area (Å²) in [5.41, 5.74) is 1.04. The number of hydrogen-bond donors (Lipinski definition) is 2. The van der Waals surface area contributed by atoms with Gasteiger partial charge in [0, 0.05) is 13.1 Å². The molecule has 23 heavy (non-hydrogen) atoms. The molecule has 2 rings (SSSR count). The summed E-state index contributed by atoms with van der Waals surface area (Å²) >= 11 is 11.8. The van der Waals surface area contributed by atoms with Crippen LogP contribution in [0.15, 0.2) is 31.0 Å². The van der Waals surface area contributed by atoms with Gasteiger partial charge in [0.2, 0.25) is 0 Å². The lowest BCUT2D eigenvalue weighted by Gasteiger charge is -2.14. The van der Waals surface area contributed by atoms with Crippen LogP contribution in [0.25, 0.3) is 0 Å². The molecule has 1 aromatic carbocycles. The maximum atomic E-state index is 8.97. The first-order chi connectivity index (χ1) is 11.1. The normalized spacial score (nSPS) is 17.7. The molecule has 0 amide bonds. The Hall–Kier alpha value is -1.54. The van der Waals surface area contributed by atoms with E-state index >= 15 is 0 Å². The van der Waals surface area contributed by atoms with E-state index in [2.05, 4.69) is 23.3 Å². The van der Waals surface area contributed by atoms with E-state index in [0.29, 0.717) is 10.0 Å². The molecule has 0 bridgehead atoms. The number of carbonyl (C=O) groups is 1. The maximum absolute atomic E-state index is 8.97. The van der Waals surface area contributed by atoms with Crippen molar-refractivity contribution in [3.63, 3.8) is 0 Å². The topological polar surface area (TPSA) is 64.9 Å². The zero-order chi connectivity index (χ0) is 18.3. The van der Waals surface area contributed by atoms with E-state index in [4.69, 9.17) is 33.3 Å². The van der Waals surface area contributed by atoms with Crippen LogP contribution in [0.1, 0.15) is 31.9 Å². The molecule has 1 aromatic rings. The van der Waals surface area contributed by atoms with Crippen molar-refractivity contribution in [1.82, 2.24) is 10.6 Å². The van der Waals surface area contributed by atoms with Gasteiger partial charge >= 0.3 is 0 Å². The molecule has 1 aliphatic rings. The molecule has 6 heteroatoms. The highest BCUT2D eigenvalue weighted by Crippen LogP contribution is 2.32. The summed E-state index contributed by atoms with van der Waals surface area (Å²) in [6.07, 6.45) is 2.52. The average Bonchev–Trinajstić information content (AvgIpc) is 3.10. The average molecular weight is 358 g/mol. The number of rotatable bonds is 2. The van der Waals surface area contributed by atoms with Gasteiger partial charge in [0.25, 0.3) is 0 Å². The van der Waals surface area contributed by atoms with Gasteiger partial charge in [0.15, 0.2) is 0 Å². The third-order valence-electron chi connectivity index (χ3n) is 2.89. The minimum Gasteiger partial charge on any atom is -0.394 e. The molecule has 0 aromatic heterocycles. The zero-order valence-electron chi connectivity index (χ0n) is 13.9. The number of halogens is 2. The van der Waals surface area contributed by atoms with Crippen LogP contribution in [0, 0.1) is 17.2 Å². The Morgan fingerprint density at radius 1 is 1.35 bits per heavy atom. The molecule has 2 N–H and O–H groups in total. The summed E-state index contributed by atoms with van der Waals surface area (Å²) < 4.78 is 0. The van der Waals surface area contributed by atoms with Crippen molar-refractivity contribution in [2.75, 3.05) is 13.6 Å². The van der Waals surface area contributed by atoms with Gasteiger partial charge in [0.1, 0.15) is 6.79 Å². The highest BCUT2D eigenvalue weighted by Gasteiger charge is 2.28. The molecular formula is C17H25Cl2N3O. The SMILES string of the molecule is C=CNC.C=O.CC.N#CC1CCNC1c1ccc(Cl)c(Cl)c1. The lowest BCUT2D eigenvalue weighted by atomic mass is 9.96. The van der Waals surface area contributed by atoms with Crippen molar-refractivity contribution in [2.45, 2.75) is 26.3 Å². The minimum atomic E-state index is 0.0299. The molecule has 2 unspecified atom stereocenters. The van der Waals surface area contributed by atoms with Crippen LogP contribution in [0.3, 0.4) is 0 Å². The van der Waals surface area contributed by atoms with Gasteiger partial charge < -0.3 is 15.4 Å². The van der Waals surface area contributed by atoms with Crippen LogP contribution >= 0.6 is 23.2 Å². The van der Waals surface area contributed by atoms with Gasteiger partial charge in [-0.05, 0) is 36.9 Å². The van der Waals surface area contributed by atoms with E-state index in [1.165, 1.54) is 0 Å². The minimum absolute atomic E-state index is 0.0299. The fourth-order valence-electron chi connectivity index (χ4n) is 1.90. The largest absolute Gasteiger partial charge is 0.394 e. The second kappa shape index (κ2) is 15.4. The molecule has 128 valence electrons. The number of carbonyl (C=O) groups excluding carboxylic acids is 1. The number of nitrogens with one attached hydrogen (secondary N) is 2. The van der Waals surface area contributed by atoms with Crippen LogP contribution in [-0.4, -0.2) is 20.4 Å². The number of nitrogens with zero attached hydrogens (tertiary/aromatic N) is 1. The number of nitriles is 1. The first-order valence-corrected chi connectivity index (χ1v) is 8.04. The molecule has 1 fully saturated rings. The molecule has 0 radical (unpaired) electrons. The summed E-state index contributed by atoms with van der Waals surface area (Å²) in [7, 11) is 1.81. The van der Waals surface area contributed by atoms with Crippen LogP contribution in [0.5, 0.6) is 0 Å². The van der Waals surface area contributed by atoms with Crippen molar-refractivity contribution in [3.05, 3.63) is 46.6 Å². The zero-order valence-corrected chi connectivity index (χ0v) is 15.4. The highest BCUT2D eigenvalue weighted by molar-refractivity contribution is 6.42. The van der Waals surface area contributed by atoms with Crippen LogP contribution in [-0.2, 0) is 4.79 Å². The van der Waals surface area contributed by atoms with E-state index in [1.807, 2.05) is 39.8 Å². The number of benzene rings is 1. The van der Waals surface area contributed by atoms with E-state index in [0.717, 1.165) is 18.5 Å². The Bertz CT molecular complexity index is 489. The van der Waals surface area contributed by atoms with Gasteiger partial charge in [-0.3, -0.25) is 0 Å². The summed E-state index contributed by atoms with van der Waals surface area (Å²) in [5, 5.41) is 16.1. The third-order valence-corrected chi connectivity index (χ3v) is 3.63. The van der Waals surface area contributed by atoms with E-state index in [-0.39, 0.29) is 12.0 Å². The first kappa shape index (κ1) is 23.7. The quantitative estimate of drug-likeness (QED) is 0.825. The van der Waals surface area contributed by atoms with Crippen molar-refractivity contribution in [1.29, 1.82) is 5.26 Å². The Morgan fingerprint density at radius 2 is 1.91 bits per heavy atom. The second-order valence-electron chi connectivity index (χ2n) is 4.12. The van der Waals surface area contributed by atoms with Crippen molar-refractivity contribution in [2.24, 2.45) is 5.92 Å². The van der Waals surface area contributed by atoms with Gasteiger partial charge in [0.05, 0.1) is 22.0 Å². The standard InChI is InChI=1S/C11H10Cl2N2.C3H7N.C2H6.CH2O/c12-9-2-1-7(5-10(9)13)11-8(6-14)3-4-15-11;1-3-4-2;2*1-2/h1-2,5,8,11,15H,3-4H2;3-4H,1H2,2H3;1-2H3;1H2. The van der Waals surface area contributed by atoms with E-state index < -0.39 is 0 Å². The van der Waals surface area contributed by atoms with Gasteiger partial charge in [-0.15, -0.1) is 0 Å². The molecule has 0 aliphatic carbocycles. The monoisotopic (exact) mass is 357 g/mol. The summed E-state index contributed by atoms with van der Waals surface area (Å²) in [4.78, 5) is 8.00. The van der Waals surface area contributed by atoms with Gasteiger partial charge in [-0.25, -0.2) is 0 Å². The molecule has 4 nitrogen and oxygen atoms in total. The van der Waals surface area contributed by atoms with Crippen LogP contribution < -0.4 is 10.6 Å². The predicted octanol–water partition coefficient (Wildman–Crippen LogP) is 4.36. The van der Waals surface area contributed by atoms with Crippen molar-refractivity contribution >= 4 is 30.0 Å². The Morgan fingerprint density at radius 3 is 2.35 bits per heavy atom. The van der Waals surface area contributed by atoms with Crippen molar-refractivity contribution < 1.29 is 4.79 Å². The van der Waals surface area contributed by atoms with Gasteiger partial charge in [-0.2, -0.15) is 5.26 Å². The van der Waals surface area contributed by atoms with E-state index in [1.54, 1.807) is 12.3 Å². The Labute approximate surface area is 149 Å². The molecule has 2 atom stereocenters. The van der Waals surface area contributed by atoms with Crippen LogP contribution in [0.4, 0.5) is 0 Å². The molecular weight excluding hydrogens is 333 g/mol. The second-order valence-corrected chi connectivity index (χ2v) is 4.94. The predicted molar refractivity (Wildman–Crippen MR) is 98.7 cm³/mol. The molecule has 1 saturated heterocycles. The lowest BCUT2D eigenvalue weighted by molar-refractivity contribution is -0.0979. The smallest absolute Gasteiger partial charge is 0.106 e. The molecule has 1 heterocycles. The first-order valence-electron chi connectivity index (χ1n) is 7.29. The third kappa shape index (κ3) is 8.61.